The zero-order chi connectivity index (χ0) is 16.0. The largest absolute Gasteiger partial charge is 0.467 e. The van der Waals surface area contributed by atoms with Crippen molar-refractivity contribution in [2.45, 2.75) is 12.5 Å². The Balaban J connectivity index is 2.78. The zero-order valence-electron chi connectivity index (χ0n) is 11.6. The summed E-state index contributed by atoms with van der Waals surface area (Å²) in [6.07, 6.45) is 1.03. The molecule has 0 aromatic heterocycles. The van der Waals surface area contributed by atoms with E-state index in [2.05, 4.69) is 26.0 Å². The fourth-order valence-corrected chi connectivity index (χ4v) is 2.49. The molecule has 1 amide bonds. The maximum atomic E-state index is 12.0. The van der Waals surface area contributed by atoms with Crippen molar-refractivity contribution in [1.82, 2.24) is 5.32 Å². The van der Waals surface area contributed by atoms with Crippen molar-refractivity contribution >= 4 is 37.6 Å². The van der Waals surface area contributed by atoms with Gasteiger partial charge in [-0.1, -0.05) is 15.9 Å². The summed E-state index contributed by atoms with van der Waals surface area (Å²) in [5.41, 5.74) is 0.367. The lowest BCUT2D eigenvalue weighted by Gasteiger charge is -2.16. The highest BCUT2D eigenvalue weighted by Gasteiger charge is 2.23. The first-order valence-corrected chi connectivity index (χ1v) is 8.90. The van der Waals surface area contributed by atoms with Crippen molar-refractivity contribution < 1.29 is 22.7 Å². The molecule has 1 aromatic carbocycles. The minimum absolute atomic E-state index is 0.0340. The third-order valence-corrected chi connectivity index (χ3v) is 4.18. The maximum absolute atomic E-state index is 12.0. The highest BCUT2D eigenvalue weighted by atomic mass is 79.9. The van der Waals surface area contributed by atoms with E-state index < -0.39 is 27.8 Å². The minimum atomic E-state index is -3.23. The van der Waals surface area contributed by atoms with E-state index >= 15 is 0 Å². The number of halogens is 1. The molecule has 116 valence electrons. The number of esters is 1. The highest BCUT2D eigenvalue weighted by molar-refractivity contribution is 9.10. The standard InChI is InChI=1S/C13H16BrNO5S/c1-20-13(17)11(7-8-21(2,18)19)15-12(16)9-3-5-10(14)6-4-9/h3-6,11H,7-8H2,1-2H3,(H,15,16)/t11-/m0/s1. The molecular formula is C13H16BrNO5S. The van der Waals surface area contributed by atoms with Gasteiger partial charge in [-0.25, -0.2) is 13.2 Å². The van der Waals surface area contributed by atoms with Gasteiger partial charge in [-0.3, -0.25) is 4.79 Å². The van der Waals surface area contributed by atoms with Gasteiger partial charge < -0.3 is 10.1 Å². The average molecular weight is 378 g/mol. The Labute approximate surface area is 131 Å². The van der Waals surface area contributed by atoms with Gasteiger partial charge in [0.2, 0.25) is 0 Å². The van der Waals surface area contributed by atoms with Gasteiger partial charge in [0.15, 0.2) is 0 Å². The Morgan fingerprint density at radius 1 is 1.29 bits per heavy atom. The van der Waals surface area contributed by atoms with E-state index in [1.807, 2.05) is 0 Å². The number of ether oxygens (including phenoxy) is 1. The third-order valence-electron chi connectivity index (χ3n) is 2.67. The molecule has 1 aromatic rings. The van der Waals surface area contributed by atoms with E-state index in [9.17, 15) is 18.0 Å². The van der Waals surface area contributed by atoms with Crippen molar-refractivity contribution in [3.8, 4) is 0 Å². The Kier molecular flexibility index (Phi) is 6.35. The molecule has 1 N–H and O–H groups in total. The molecule has 1 rings (SSSR count). The summed E-state index contributed by atoms with van der Waals surface area (Å²) in [6.45, 7) is 0. The number of sulfone groups is 1. The van der Waals surface area contributed by atoms with Crippen LogP contribution in [-0.2, 0) is 19.4 Å². The maximum Gasteiger partial charge on any atom is 0.328 e. The summed E-state index contributed by atoms with van der Waals surface area (Å²) >= 11 is 3.25. The Morgan fingerprint density at radius 3 is 2.33 bits per heavy atom. The van der Waals surface area contributed by atoms with Crippen LogP contribution < -0.4 is 5.32 Å². The van der Waals surface area contributed by atoms with E-state index in [1.165, 1.54) is 7.11 Å². The second-order valence-corrected chi connectivity index (χ2v) is 7.65. The molecule has 0 aliphatic rings. The van der Waals surface area contributed by atoms with Crippen LogP contribution in [0.15, 0.2) is 28.7 Å². The van der Waals surface area contributed by atoms with E-state index in [-0.39, 0.29) is 12.2 Å². The molecule has 0 heterocycles. The van der Waals surface area contributed by atoms with Crippen LogP contribution in [0.3, 0.4) is 0 Å². The second kappa shape index (κ2) is 7.56. The first-order valence-electron chi connectivity index (χ1n) is 6.05. The number of methoxy groups -OCH3 is 1. The van der Waals surface area contributed by atoms with Crippen molar-refractivity contribution in [3.63, 3.8) is 0 Å². The van der Waals surface area contributed by atoms with Gasteiger partial charge in [-0.15, -0.1) is 0 Å². The molecule has 6 nitrogen and oxygen atoms in total. The summed E-state index contributed by atoms with van der Waals surface area (Å²) in [5.74, 6) is -1.36. The molecule has 0 unspecified atom stereocenters. The summed E-state index contributed by atoms with van der Waals surface area (Å²) < 4.78 is 27.7. The van der Waals surface area contributed by atoms with E-state index in [0.717, 1.165) is 10.7 Å². The SMILES string of the molecule is COC(=O)[C@H](CCS(C)(=O)=O)NC(=O)c1ccc(Br)cc1. The molecule has 0 aliphatic carbocycles. The van der Waals surface area contributed by atoms with Gasteiger partial charge >= 0.3 is 5.97 Å². The van der Waals surface area contributed by atoms with Gasteiger partial charge in [0, 0.05) is 16.3 Å². The lowest BCUT2D eigenvalue weighted by molar-refractivity contribution is -0.142. The molecular weight excluding hydrogens is 362 g/mol. The van der Waals surface area contributed by atoms with Gasteiger partial charge in [-0.2, -0.15) is 0 Å². The summed E-state index contributed by atoms with van der Waals surface area (Å²) in [5, 5.41) is 2.48. The first-order chi connectivity index (χ1) is 9.73. The fraction of sp³-hybridized carbons (Fsp3) is 0.385. The van der Waals surface area contributed by atoms with Crippen LogP contribution in [0.25, 0.3) is 0 Å². The lowest BCUT2D eigenvalue weighted by Crippen LogP contribution is -2.42. The highest BCUT2D eigenvalue weighted by Crippen LogP contribution is 2.11. The monoisotopic (exact) mass is 377 g/mol. The lowest BCUT2D eigenvalue weighted by atomic mass is 10.1. The van der Waals surface area contributed by atoms with E-state index in [4.69, 9.17) is 0 Å². The molecule has 0 bridgehead atoms. The van der Waals surface area contributed by atoms with Crippen molar-refractivity contribution in [1.29, 1.82) is 0 Å². The Morgan fingerprint density at radius 2 is 1.86 bits per heavy atom. The number of benzene rings is 1. The topological polar surface area (TPSA) is 89.5 Å². The van der Waals surface area contributed by atoms with E-state index in [0.29, 0.717) is 5.56 Å². The van der Waals surface area contributed by atoms with Crippen LogP contribution in [0, 0.1) is 0 Å². The van der Waals surface area contributed by atoms with Crippen LogP contribution in [0.4, 0.5) is 0 Å². The van der Waals surface area contributed by atoms with Crippen LogP contribution in [0.5, 0.6) is 0 Å². The minimum Gasteiger partial charge on any atom is -0.467 e. The molecule has 21 heavy (non-hydrogen) atoms. The molecule has 0 fully saturated rings. The van der Waals surface area contributed by atoms with Crippen molar-refractivity contribution in [3.05, 3.63) is 34.3 Å². The van der Waals surface area contributed by atoms with Gasteiger partial charge in [0.1, 0.15) is 15.9 Å². The normalized spacial score (nSPS) is 12.5. The quantitative estimate of drug-likeness (QED) is 0.751. The molecule has 0 saturated heterocycles. The first kappa shape index (κ1) is 17.6. The molecule has 0 radical (unpaired) electrons. The van der Waals surface area contributed by atoms with Crippen LogP contribution in [0.1, 0.15) is 16.8 Å². The number of hydrogen-bond donors (Lipinski definition) is 1. The van der Waals surface area contributed by atoms with Crippen LogP contribution >= 0.6 is 15.9 Å². The van der Waals surface area contributed by atoms with Gasteiger partial charge in [0.05, 0.1) is 12.9 Å². The molecule has 0 saturated carbocycles. The van der Waals surface area contributed by atoms with Gasteiger partial charge in [-0.05, 0) is 30.7 Å². The molecule has 8 heteroatoms. The predicted molar refractivity (Wildman–Crippen MR) is 81.7 cm³/mol. The smallest absolute Gasteiger partial charge is 0.328 e. The Bertz CT molecular complexity index is 612. The Hall–Kier alpha value is -1.41. The number of amides is 1. The van der Waals surface area contributed by atoms with Crippen molar-refractivity contribution in [2.75, 3.05) is 19.1 Å². The zero-order valence-corrected chi connectivity index (χ0v) is 14.0. The molecule has 0 aliphatic heterocycles. The summed E-state index contributed by atoms with van der Waals surface area (Å²) in [6, 6.07) is 5.56. The van der Waals surface area contributed by atoms with Crippen LogP contribution in [-0.4, -0.2) is 45.5 Å². The number of carbonyl (C=O) groups is 2. The number of hydrogen-bond acceptors (Lipinski definition) is 5. The summed E-state index contributed by atoms with van der Waals surface area (Å²) in [4.78, 5) is 23.6. The van der Waals surface area contributed by atoms with Crippen LogP contribution in [0.2, 0.25) is 0 Å². The fourth-order valence-electron chi connectivity index (χ4n) is 1.57. The number of rotatable bonds is 6. The molecule has 0 spiro atoms. The number of carbonyl (C=O) groups excluding carboxylic acids is 2. The number of nitrogens with one attached hydrogen (secondary N) is 1. The van der Waals surface area contributed by atoms with Crippen molar-refractivity contribution in [2.24, 2.45) is 0 Å². The van der Waals surface area contributed by atoms with E-state index in [1.54, 1.807) is 24.3 Å². The van der Waals surface area contributed by atoms with Gasteiger partial charge in [0.25, 0.3) is 5.91 Å². The predicted octanol–water partition coefficient (Wildman–Crippen LogP) is 1.16. The third kappa shape index (κ3) is 6.26. The second-order valence-electron chi connectivity index (χ2n) is 4.47. The average Bonchev–Trinajstić information content (AvgIpc) is 2.42. The molecule has 1 atom stereocenters. The summed E-state index contributed by atoms with van der Waals surface area (Å²) in [7, 11) is -2.05.